The van der Waals surface area contributed by atoms with E-state index in [9.17, 15) is 0 Å². The van der Waals surface area contributed by atoms with E-state index in [0.717, 1.165) is 13.0 Å². The molecule has 1 aliphatic rings. The number of rotatable bonds is 5. The van der Waals surface area contributed by atoms with Crippen molar-refractivity contribution in [3.63, 3.8) is 0 Å². The highest BCUT2D eigenvalue weighted by Gasteiger charge is 2.23. The van der Waals surface area contributed by atoms with Gasteiger partial charge in [0.2, 0.25) is 0 Å². The zero-order valence-electron chi connectivity index (χ0n) is 13.1. The second-order valence-electron chi connectivity index (χ2n) is 6.07. The summed E-state index contributed by atoms with van der Waals surface area (Å²) in [7, 11) is 4.16. The van der Waals surface area contributed by atoms with Crippen LogP contribution in [-0.4, -0.2) is 36.6 Å². The van der Waals surface area contributed by atoms with Gasteiger partial charge in [0, 0.05) is 51.3 Å². The van der Waals surface area contributed by atoms with Crippen LogP contribution < -0.4 is 0 Å². The van der Waals surface area contributed by atoms with Crippen LogP contribution >= 0.6 is 0 Å². The van der Waals surface area contributed by atoms with Gasteiger partial charge in [-0.2, -0.15) is 0 Å². The third-order valence-electron chi connectivity index (χ3n) is 4.64. The lowest BCUT2D eigenvalue weighted by Gasteiger charge is -2.35. The monoisotopic (exact) mass is 287 g/mol. The van der Waals surface area contributed by atoms with Crippen LogP contribution in [0.2, 0.25) is 0 Å². The van der Waals surface area contributed by atoms with Crippen molar-refractivity contribution in [2.75, 3.05) is 6.54 Å². The van der Waals surface area contributed by atoms with Crippen molar-refractivity contribution >= 4 is 0 Å². The first kappa shape index (κ1) is 14.3. The van der Waals surface area contributed by atoms with Gasteiger partial charge in [-0.05, 0) is 25.8 Å². The summed E-state index contributed by atoms with van der Waals surface area (Å²) in [5.74, 6) is 2.36. The Bertz CT molecular complexity index is 571. The van der Waals surface area contributed by atoms with E-state index in [1.165, 1.54) is 43.9 Å². The molecule has 21 heavy (non-hydrogen) atoms. The number of likely N-dealkylation sites (tertiary alicyclic amines) is 1. The second-order valence-corrected chi connectivity index (χ2v) is 6.07. The highest BCUT2D eigenvalue weighted by atomic mass is 15.2. The highest BCUT2D eigenvalue weighted by molar-refractivity contribution is 4.95. The molecular formula is C16H25N5. The van der Waals surface area contributed by atoms with Gasteiger partial charge in [-0.3, -0.25) is 4.90 Å². The van der Waals surface area contributed by atoms with Gasteiger partial charge < -0.3 is 9.13 Å². The fourth-order valence-electron chi connectivity index (χ4n) is 3.26. The molecule has 1 aliphatic heterocycles. The molecule has 0 aliphatic carbocycles. The molecule has 1 fully saturated rings. The Labute approximate surface area is 126 Å². The predicted molar refractivity (Wildman–Crippen MR) is 82.8 cm³/mol. The molecule has 1 saturated heterocycles. The van der Waals surface area contributed by atoms with Crippen LogP contribution in [0.5, 0.6) is 0 Å². The summed E-state index contributed by atoms with van der Waals surface area (Å²) in [5.41, 5.74) is 0. The Kier molecular flexibility index (Phi) is 4.39. The first-order valence-corrected chi connectivity index (χ1v) is 7.90. The first-order chi connectivity index (χ1) is 10.2. The lowest BCUT2D eigenvalue weighted by molar-refractivity contribution is 0.127. The Morgan fingerprint density at radius 2 is 1.76 bits per heavy atom. The average molecular weight is 287 g/mol. The van der Waals surface area contributed by atoms with E-state index < -0.39 is 0 Å². The summed E-state index contributed by atoms with van der Waals surface area (Å²) < 4.78 is 4.26. The molecule has 0 bridgehead atoms. The number of piperidine rings is 1. The second kappa shape index (κ2) is 6.43. The molecule has 3 heterocycles. The van der Waals surface area contributed by atoms with Crippen LogP contribution in [0.15, 0.2) is 24.8 Å². The molecule has 2 aromatic heterocycles. The number of aromatic nitrogens is 4. The summed E-state index contributed by atoms with van der Waals surface area (Å²) in [6.45, 7) is 2.16. The predicted octanol–water partition coefficient (Wildman–Crippen LogP) is 2.14. The van der Waals surface area contributed by atoms with Gasteiger partial charge in [-0.15, -0.1) is 0 Å². The van der Waals surface area contributed by atoms with E-state index in [0.29, 0.717) is 6.04 Å². The maximum atomic E-state index is 4.47. The van der Waals surface area contributed by atoms with Crippen LogP contribution in [0.1, 0.15) is 37.3 Å². The Morgan fingerprint density at radius 1 is 1.05 bits per heavy atom. The molecule has 5 nitrogen and oxygen atoms in total. The third kappa shape index (κ3) is 3.35. The standard InChI is InChI=1S/C16H25N5/c1-19-11-8-17-15(19)7-6-14-5-3-4-10-21(14)13-16-18-9-12-20(16)2/h8-9,11-12,14H,3-7,10,13H2,1-2H3/t14-/m0/s1. The molecule has 0 saturated carbocycles. The number of aryl methyl sites for hydroxylation is 3. The maximum Gasteiger partial charge on any atom is 0.122 e. The van der Waals surface area contributed by atoms with E-state index in [-0.39, 0.29) is 0 Å². The van der Waals surface area contributed by atoms with Crippen molar-refractivity contribution < 1.29 is 0 Å². The van der Waals surface area contributed by atoms with Gasteiger partial charge in [0.05, 0.1) is 6.54 Å². The topological polar surface area (TPSA) is 38.9 Å². The van der Waals surface area contributed by atoms with Crippen LogP contribution in [-0.2, 0) is 27.1 Å². The van der Waals surface area contributed by atoms with Crippen molar-refractivity contribution in [2.45, 2.75) is 44.7 Å². The molecule has 0 radical (unpaired) electrons. The molecule has 2 aromatic rings. The summed E-state index contributed by atoms with van der Waals surface area (Å²) >= 11 is 0. The fourth-order valence-corrected chi connectivity index (χ4v) is 3.26. The molecule has 0 spiro atoms. The number of imidazole rings is 2. The fraction of sp³-hybridized carbons (Fsp3) is 0.625. The highest BCUT2D eigenvalue weighted by Crippen LogP contribution is 2.22. The molecule has 5 heteroatoms. The van der Waals surface area contributed by atoms with Crippen LogP contribution in [0.3, 0.4) is 0 Å². The molecule has 0 N–H and O–H groups in total. The minimum absolute atomic E-state index is 0.659. The molecule has 1 atom stereocenters. The average Bonchev–Trinajstić information content (AvgIpc) is 3.07. The van der Waals surface area contributed by atoms with E-state index in [4.69, 9.17) is 0 Å². The van der Waals surface area contributed by atoms with Crippen molar-refractivity contribution in [1.29, 1.82) is 0 Å². The van der Waals surface area contributed by atoms with Gasteiger partial charge in [0.15, 0.2) is 0 Å². The summed E-state index contributed by atoms with van der Waals surface area (Å²) in [5, 5.41) is 0. The maximum absolute atomic E-state index is 4.47. The molecular weight excluding hydrogens is 262 g/mol. The molecule has 0 aromatic carbocycles. The Balaban J connectivity index is 1.61. The number of hydrogen-bond donors (Lipinski definition) is 0. The lowest BCUT2D eigenvalue weighted by Crippen LogP contribution is -2.39. The quantitative estimate of drug-likeness (QED) is 0.846. The van der Waals surface area contributed by atoms with E-state index in [1.807, 2.05) is 24.8 Å². The molecule has 0 unspecified atom stereocenters. The Morgan fingerprint density at radius 3 is 2.43 bits per heavy atom. The number of nitrogens with zero attached hydrogens (tertiary/aromatic N) is 5. The first-order valence-electron chi connectivity index (χ1n) is 7.90. The van der Waals surface area contributed by atoms with Crippen molar-refractivity contribution in [3.8, 4) is 0 Å². The minimum Gasteiger partial charge on any atom is -0.338 e. The summed E-state index contributed by atoms with van der Waals surface area (Å²) in [6, 6.07) is 0.659. The zero-order chi connectivity index (χ0) is 14.7. The zero-order valence-corrected chi connectivity index (χ0v) is 13.1. The van der Waals surface area contributed by atoms with Crippen LogP contribution in [0.25, 0.3) is 0 Å². The summed E-state index contributed by atoms with van der Waals surface area (Å²) in [6.07, 6.45) is 14.1. The van der Waals surface area contributed by atoms with E-state index in [1.54, 1.807) is 0 Å². The SMILES string of the molecule is Cn1ccnc1CC[C@@H]1CCCCN1Cc1nccn1C. The summed E-state index contributed by atoms with van der Waals surface area (Å²) in [4.78, 5) is 11.5. The third-order valence-corrected chi connectivity index (χ3v) is 4.64. The normalized spacial score (nSPS) is 20.0. The van der Waals surface area contributed by atoms with E-state index >= 15 is 0 Å². The van der Waals surface area contributed by atoms with Crippen molar-refractivity contribution in [3.05, 3.63) is 36.4 Å². The van der Waals surface area contributed by atoms with Crippen molar-refractivity contribution in [2.24, 2.45) is 14.1 Å². The van der Waals surface area contributed by atoms with Gasteiger partial charge in [-0.25, -0.2) is 9.97 Å². The lowest BCUT2D eigenvalue weighted by atomic mass is 9.97. The Hall–Kier alpha value is -1.62. The smallest absolute Gasteiger partial charge is 0.122 e. The van der Waals surface area contributed by atoms with Gasteiger partial charge >= 0.3 is 0 Å². The molecule has 114 valence electrons. The molecule has 3 rings (SSSR count). The van der Waals surface area contributed by atoms with Gasteiger partial charge in [-0.1, -0.05) is 6.42 Å². The van der Waals surface area contributed by atoms with E-state index in [2.05, 4.69) is 38.1 Å². The van der Waals surface area contributed by atoms with Crippen molar-refractivity contribution in [1.82, 2.24) is 24.0 Å². The van der Waals surface area contributed by atoms with Crippen LogP contribution in [0, 0.1) is 0 Å². The molecule has 0 amide bonds. The van der Waals surface area contributed by atoms with Crippen LogP contribution in [0.4, 0.5) is 0 Å². The minimum atomic E-state index is 0.659. The number of hydrogen-bond acceptors (Lipinski definition) is 3. The largest absolute Gasteiger partial charge is 0.338 e. The van der Waals surface area contributed by atoms with Gasteiger partial charge in [0.25, 0.3) is 0 Å². The van der Waals surface area contributed by atoms with Gasteiger partial charge in [0.1, 0.15) is 11.6 Å².